The summed E-state index contributed by atoms with van der Waals surface area (Å²) in [6, 6.07) is 10.2. The minimum atomic E-state index is 0.545. The lowest BCUT2D eigenvalue weighted by Gasteiger charge is -2.12. The first-order valence-corrected chi connectivity index (χ1v) is 6.54. The van der Waals surface area contributed by atoms with E-state index in [0.29, 0.717) is 19.8 Å². The van der Waals surface area contributed by atoms with Crippen LogP contribution in [0.5, 0.6) is 0 Å². The zero-order valence-corrected chi connectivity index (χ0v) is 11.5. The maximum atomic E-state index is 5.59. The monoisotopic (exact) mass is 260 g/mol. The molecule has 0 aliphatic heterocycles. The Bertz CT molecular complexity index is 529. The molecule has 2 rings (SSSR count). The molecular formula is C15H20N2O2. The molecule has 0 radical (unpaired) electrons. The van der Waals surface area contributed by atoms with Crippen molar-refractivity contribution >= 4 is 16.7 Å². The summed E-state index contributed by atoms with van der Waals surface area (Å²) < 4.78 is 10.6. The average molecular weight is 260 g/mol. The Morgan fingerprint density at radius 1 is 1.21 bits per heavy atom. The topological polar surface area (TPSA) is 43.4 Å². The maximum Gasteiger partial charge on any atom is 0.132 e. The van der Waals surface area contributed by atoms with Crippen LogP contribution in [0.25, 0.3) is 10.9 Å². The third-order valence-electron chi connectivity index (χ3n) is 2.84. The second-order valence-corrected chi connectivity index (χ2v) is 4.26. The Kier molecular flexibility index (Phi) is 5.12. The predicted octanol–water partition coefficient (Wildman–Crippen LogP) is 2.83. The highest BCUT2D eigenvalue weighted by molar-refractivity contribution is 5.81. The van der Waals surface area contributed by atoms with Crippen molar-refractivity contribution in [1.82, 2.24) is 4.98 Å². The van der Waals surface area contributed by atoms with Crippen molar-refractivity contribution < 1.29 is 9.47 Å². The maximum absolute atomic E-state index is 5.59. The van der Waals surface area contributed by atoms with Gasteiger partial charge in [0.15, 0.2) is 0 Å². The highest BCUT2D eigenvalue weighted by Crippen LogP contribution is 2.21. The van der Waals surface area contributed by atoms with Crippen LogP contribution < -0.4 is 5.32 Å². The van der Waals surface area contributed by atoms with E-state index >= 15 is 0 Å². The van der Waals surface area contributed by atoms with Crippen molar-refractivity contribution in [3.63, 3.8) is 0 Å². The van der Waals surface area contributed by atoms with Gasteiger partial charge in [-0.1, -0.05) is 18.2 Å². The van der Waals surface area contributed by atoms with E-state index in [1.807, 2.05) is 18.2 Å². The number of hydrogen-bond acceptors (Lipinski definition) is 4. The summed E-state index contributed by atoms with van der Waals surface area (Å²) in [7, 11) is 1.67. The van der Waals surface area contributed by atoms with Crippen LogP contribution >= 0.6 is 0 Å². The Balaban J connectivity index is 2.20. The fourth-order valence-corrected chi connectivity index (χ4v) is 1.91. The van der Waals surface area contributed by atoms with Crippen LogP contribution in [0.4, 0.5) is 5.82 Å². The number of aromatic nitrogens is 1. The fraction of sp³-hybridized carbons (Fsp3) is 0.400. The van der Waals surface area contributed by atoms with Gasteiger partial charge in [0.2, 0.25) is 0 Å². The molecule has 1 heterocycles. The Morgan fingerprint density at radius 2 is 2.05 bits per heavy atom. The molecular weight excluding hydrogens is 240 g/mol. The number of nitrogens with one attached hydrogen (secondary N) is 1. The summed E-state index contributed by atoms with van der Waals surface area (Å²) in [5.41, 5.74) is 2.08. The summed E-state index contributed by atoms with van der Waals surface area (Å²) in [4.78, 5) is 4.64. The highest BCUT2D eigenvalue weighted by Gasteiger charge is 2.06. The molecule has 0 atom stereocenters. The quantitative estimate of drug-likeness (QED) is 0.777. The number of ether oxygens (including phenoxy) is 2. The molecule has 1 N–H and O–H groups in total. The van der Waals surface area contributed by atoms with Crippen LogP contribution in [-0.2, 0) is 16.1 Å². The van der Waals surface area contributed by atoms with Gasteiger partial charge in [-0.25, -0.2) is 4.98 Å². The first-order valence-electron chi connectivity index (χ1n) is 6.54. The first kappa shape index (κ1) is 13.8. The van der Waals surface area contributed by atoms with Gasteiger partial charge in [0.25, 0.3) is 0 Å². The lowest BCUT2D eigenvalue weighted by atomic mass is 10.1. The minimum Gasteiger partial charge on any atom is -0.382 e. The van der Waals surface area contributed by atoms with Gasteiger partial charge in [-0.05, 0) is 19.1 Å². The van der Waals surface area contributed by atoms with Gasteiger partial charge < -0.3 is 14.8 Å². The smallest absolute Gasteiger partial charge is 0.132 e. The summed E-state index contributed by atoms with van der Waals surface area (Å²) in [6.07, 6.45) is 0. The first-order chi connectivity index (χ1) is 9.35. The van der Waals surface area contributed by atoms with Gasteiger partial charge in [0.05, 0.1) is 25.3 Å². The van der Waals surface area contributed by atoms with Gasteiger partial charge >= 0.3 is 0 Å². The SMILES string of the molecule is CCNc1nc2ccccc2cc1COCCOC. The minimum absolute atomic E-state index is 0.545. The lowest BCUT2D eigenvalue weighted by Crippen LogP contribution is -2.07. The van der Waals surface area contributed by atoms with Gasteiger partial charge in [-0.15, -0.1) is 0 Å². The van der Waals surface area contributed by atoms with E-state index in [1.165, 1.54) is 0 Å². The molecule has 0 saturated carbocycles. The van der Waals surface area contributed by atoms with Crippen molar-refractivity contribution in [2.75, 3.05) is 32.2 Å². The Labute approximate surface area is 113 Å². The third-order valence-corrected chi connectivity index (χ3v) is 2.84. The summed E-state index contributed by atoms with van der Waals surface area (Å²) in [6.45, 7) is 4.65. The summed E-state index contributed by atoms with van der Waals surface area (Å²) in [5, 5.41) is 4.42. The number of hydrogen-bond donors (Lipinski definition) is 1. The molecule has 0 unspecified atom stereocenters. The number of pyridine rings is 1. The predicted molar refractivity (Wildman–Crippen MR) is 77.4 cm³/mol. The second kappa shape index (κ2) is 7.07. The van der Waals surface area contributed by atoms with Gasteiger partial charge in [-0.3, -0.25) is 0 Å². The van der Waals surface area contributed by atoms with Crippen molar-refractivity contribution in [2.45, 2.75) is 13.5 Å². The number of fused-ring (bicyclic) bond motifs is 1. The van der Waals surface area contributed by atoms with Crippen LogP contribution in [0.15, 0.2) is 30.3 Å². The molecule has 0 spiro atoms. The number of nitrogens with zero attached hydrogens (tertiary/aromatic N) is 1. The standard InChI is InChI=1S/C15H20N2O2/c1-3-16-15-13(11-19-9-8-18-2)10-12-6-4-5-7-14(12)17-15/h4-7,10H,3,8-9,11H2,1-2H3,(H,16,17). The molecule has 1 aromatic carbocycles. The van der Waals surface area contributed by atoms with E-state index in [0.717, 1.165) is 28.8 Å². The molecule has 0 aliphatic rings. The van der Waals surface area contributed by atoms with Crippen LogP contribution in [0.2, 0.25) is 0 Å². The zero-order valence-electron chi connectivity index (χ0n) is 11.5. The summed E-state index contributed by atoms with van der Waals surface area (Å²) >= 11 is 0. The number of methoxy groups -OCH3 is 1. The molecule has 19 heavy (non-hydrogen) atoms. The Hall–Kier alpha value is -1.65. The van der Waals surface area contributed by atoms with E-state index < -0.39 is 0 Å². The highest BCUT2D eigenvalue weighted by atomic mass is 16.5. The molecule has 0 bridgehead atoms. The van der Waals surface area contributed by atoms with Gasteiger partial charge in [0, 0.05) is 24.6 Å². The number of anilines is 1. The molecule has 4 nitrogen and oxygen atoms in total. The number of para-hydroxylation sites is 1. The van der Waals surface area contributed by atoms with E-state index in [9.17, 15) is 0 Å². The van der Waals surface area contributed by atoms with Crippen LogP contribution in [0.3, 0.4) is 0 Å². The lowest BCUT2D eigenvalue weighted by molar-refractivity contribution is 0.0618. The third kappa shape index (κ3) is 3.66. The van der Waals surface area contributed by atoms with Crippen LogP contribution in [0.1, 0.15) is 12.5 Å². The van der Waals surface area contributed by atoms with Crippen molar-refractivity contribution in [3.8, 4) is 0 Å². The van der Waals surface area contributed by atoms with Crippen LogP contribution in [0, 0.1) is 0 Å². The Morgan fingerprint density at radius 3 is 2.84 bits per heavy atom. The van der Waals surface area contributed by atoms with E-state index in [2.05, 4.69) is 29.4 Å². The number of rotatable bonds is 7. The van der Waals surface area contributed by atoms with Crippen molar-refractivity contribution in [3.05, 3.63) is 35.9 Å². The largest absolute Gasteiger partial charge is 0.382 e. The molecule has 0 saturated heterocycles. The van der Waals surface area contributed by atoms with E-state index in [1.54, 1.807) is 7.11 Å². The summed E-state index contributed by atoms with van der Waals surface area (Å²) in [5.74, 6) is 0.901. The van der Waals surface area contributed by atoms with Crippen LogP contribution in [-0.4, -0.2) is 31.9 Å². The molecule has 1 aromatic heterocycles. The van der Waals surface area contributed by atoms with Crippen molar-refractivity contribution in [2.24, 2.45) is 0 Å². The fourth-order valence-electron chi connectivity index (χ4n) is 1.91. The molecule has 102 valence electrons. The normalized spacial score (nSPS) is 10.8. The van der Waals surface area contributed by atoms with E-state index in [-0.39, 0.29) is 0 Å². The number of benzene rings is 1. The van der Waals surface area contributed by atoms with E-state index in [4.69, 9.17) is 9.47 Å². The zero-order chi connectivity index (χ0) is 13.5. The molecule has 2 aromatic rings. The molecule has 0 amide bonds. The molecule has 0 fully saturated rings. The van der Waals surface area contributed by atoms with Gasteiger partial charge in [-0.2, -0.15) is 0 Å². The molecule has 4 heteroatoms. The van der Waals surface area contributed by atoms with Gasteiger partial charge in [0.1, 0.15) is 5.82 Å². The average Bonchev–Trinajstić information content (AvgIpc) is 2.44. The van der Waals surface area contributed by atoms with Crippen molar-refractivity contribution in [1.29, 1.82) is 0 Å². The molecule has 0 aliphatic carbocycles. The second-order valence-electron chi connectivity index (χ2n) is 4.26.